The van der Waals surface area contributed by atoms with Crippen molar-refractivity contribution in [2.75, 3.05) is 12.3 Å². The number of halogens is 1. The predicted octanol–water partition coefficient (Wildman–Crippen LogP) is 5.29. The van der Waals surface area contributed by atoms with Crippen molar-refractivity contribution in [2.45, 2.75) is 52.9 Å². The minimum atomic E-state index is -0.720. The lowest BCUT2D eigenvalue weighted by molar-refractivity contribution is -0.145. The fourth-order valence-electron chi connectivity index (χ4n) is 4.81. The highest BCUT2D eigenvalue weighted by Crippen LogP contribution is 2.48. The molecule has 2 heterocycles. The molecule has 0 fully saturated rings. The van der Waals surface area contributed by atoms with Crippen molar-refractivity contribution in [1.29, 1.82) is 0 Å². The molecule has 32 heavy (non-hydrogen) atoms. The van der Waals surface area contributed by atoms with Crippen molar-refractivity contribution in [1.82, 2.24) is 4.98 Å². The van der Waals surface area contributed by atoms with Gasteiger partial charge in [0.25, 0.3) is 0 Å². The zero-order valence-corrected chi connectivity index (χ0v) is 19.2. The van der Waals surface area contributed by atoms with Crippen LogP contribution in [0, 0.1) is 17.2 Å². The summed E-state index contributed by atoms with van der Waals surface area (Å²) in [5.41, 5.74) is 12.2. The van der Waals surface area contributed by atoms with E-state index < -0.39 is 17.8 Å². The Bertz CT molecular complexity index is 1140. The Labute approximate surface area is 188 Å². The third kappa shape index (κ3) is 4.06. The van der Waals surface area contributed by atoms with Gasteiger partial charge in [-0.2, -0.15) is 0 Å². The van der Waals surface area contributed by atoms with Crippen LogP contribution in [0.25, 0.3) is 0 Å². The van der Waals surface area contributed by atoms with Gasteiger partial charge in [0.05, 0.1) is 0 Å². The Morgan fingerprint density at radius 2 is 2.12 bits per heavy atom. The molecule has 0 saturated heterocycles. The number of fused-ring (bicyclic) bond motifs is 2. The number of ether oxygens (including phenoxy) is 1. The number of carbonyl (C=O) groups excluding carboxylic acids is 1. The molecule has 168 valence electrons. The minimum Gasteiger partial charge on any atom is -0.461 e. The normalized spacial score (nSPS) is 21.2. The van der Waals surface area contributed by atoms with E-state index in [2.05, 4.69) is 25.4 Å². The van der Waals surface area contributed by atoms with Gasteiger partial charge in [-0.1, -0.05) is 32.6 Å². The van der Waals surface area contributed by atoms with Crippen LogP contribution < -0.4 is 5.73 Å². The van der Waals surface area contributed by atoms with Crippen LogP contribution in [-0.4, -0.2) is 23.3 Å². The standard InChI is InChI=1S/C26H30FN3O2/c1-14(2)13-32-25(31)20-15(3)29-24-22(21(20)16-7-6-8-17(27)11-16)23(28)18-12-26(4,5)10-9-19(18)30-24/h6-8,11,20-21H,1,9-10,12-13H2,2-5H3,(H2,28,30). The molecule has 6 heteroatoms. The molecule has 2 aromatic rings. The molecule has 0 saturated carbocycles. The third-order valence-corrected chi connectivity index (χ3v) is 6.44. The van der Waals surface area contributed by atoms with Crippen molar-refractivity contribution < 1.29 is 13.9 Å². The maximum atomic E-state index is 14.2. The first-order chi connectivity index (χ1) is 15.1. The summed E-state index contributed by atoms with van der Waals surface area (Å²) in [5, 5.41) is 0. The molecule has 1 aliphatic carbocycles. The first-order valence-electron chi connectivity index (χ1n) is 11.0. The summed E-state index contributed by atoms with van der Waals surface area (Å²) in [6.07, 6.45) is 2.66. The van der Waals surface area contributed by atoms with E-state index in [-0.39, 0.29) is 17.8 Å². The van der Waals surface area contributed by atoms with E-state index in [1.165, 1.54) is 12.1 Å². The van der Waals surface area contributed by atoms with E-state index in [4.69, 9.17) is 15.5 Å². The topological polar surface area (TPSA) is 77.6 Å². The number of hydrogen-bond acceptors (Lipinski definition) is 5. The maximum absolute atomic E-state index is 14.2. The quantitative estimate of drug-likeness (QED) is 0.523. The monoisotopic (exact) mass is 435 g/mol. The molecule has 2 aliphatic rings. The van der Waals surface area contributed by atoms with E-state index in [1.807, 2.05) is 6.07 Å². The van der Waals surface area contributed by atoms with E-state index in [0.717, 1.165) is 36.1 Å². The van der Waals surface area contributed by atoms with Crippen molar-refractivity contribution >= 4 is 23.2 Å². The van der Waals surface area contributed by atoms with Gasteiger partial charge in [-0.05, 0) is 67.4 Å². The number of benzene rings is 1. The number of aliphatic imine (C=N–C) groups is 1. The zero-order valence-electron chi connectivity index (χ0n) is 19.2. The SMILES string of the molecule is C=C(C)COC(=O)C1C(C)=Nc2nc3c(c(N)c2C1c1cccc(F)c1)CC(C)(C)CC3. The molecule has 2 N–H and O–H groups in total. The zero-order chi connectivity index (χ0) is 23.2. The number of nitrogens with two attached hydrogens (primary N) is 1. The molecule has 0 bridgehead atoms. The maximum Gasteiger partial charge on any atom is 0.315 e. The Kier molecular flexibility index (Phi) is 5.65. The van der Waals surface area contributed by atoms with Crippen LogP contribution >= 0.6 is 0 Å². The lowest BCUT2D eigenvalue weighted by Crippen LogP contribution is -2.35. The van der Waals surface area contributed by atoms with E-state index >= 15 is 0 Å². The van der Waals surface area contributed by atoms with Crippen molar-refractivity contribution in [2.24, 2.45) is 16.3 Å². The van der Waals surface area contributed by atoms with E-state index in [1.54, 1.807) is 19.9 Å². The molecule has 0 radical (unpaired) electrons. The summed E-state index contributed by atoms with van der Waals surface area (Å²) in [5.74, 6) is -1.52. The number of carbonyl (C=O) groups is 1. The molecule has 0 spiro atoms. The molecule has 4 rings (SSSR count). The summed E-state index contributed by atoms with van der Waals surface area (Å²) in [6, 6.07) is 6.30. The Hall–Kier alpha value is -3.02. The first kappa shape index (κ1) is 22.2. The number of hydrogen-bond donors (Lipinski definition) is 1. The highest BCUT2D eigenvalue weighted by Gasteiger charge is 2.42. The number of aromatic nitrogens is 1. The number of aryl methyl sites for hydroxylation is 1. The lowest BCUT2D eigenvalue weighted by Gasteiger charge is -2.36. The Morgan fingerprint density at radius 3 is 2.81 bits per heavy atom. The van der Waals surface area contributed by atoms with Crippen LogP contribution in [0.15, 0.2) is 41.4 Å². The summed E-state index contributed by atoms with van der Waals surface area (Å²) >= 11 is 0. The number of rotatable bonds is 4. The molecule has 1 aliphatic heterocycles. The smallest absolute Gasteiger partial charge is 0.315 e. The van der Waals surface area contributed by atoms with Gasteiger partial charge in [0.15, 0.2) is 5.82 Å². The molecule has 2 unspecified atom stereocenters. The second-order valence-corrected chi connectivity index (χ2v) is 9.86. The molecular formula is C26H30FN3O2. The first-order valence-corrected chi connectivity index (χ1v) is 11.0. The fraction of sp³-hybridized carbons (Fsp3) is 0.423. The number of nitrogen functional groups attached to an aromatic ring is 1. The molecule has 1 aromatic heterocycles. The summed E-state index contributed by atoms with van der Waals surface area (Å²) in [6.45, 7) is 12.0. The van der Waals surface area contributed by atoms with Crippen molar-refractivity contribution in [3.63, 3.8) is 0 Å². The number of pyridine rings is 1. The van der Waals surface area contributed by atoms with Gasteiger partial charge in [-0.15, -0.1) is 0 Å². The van der Waals surface area contributed by atoms with Crippen LogP contribution in [0.3, 0.4) is 0 Å². The predicted molar refractivity (Wildman–Crippen MR) is 125 cm³/mol. The average Bonchev–Trinajstić information content (AvgIpc) is 2.71. The molecule has 2 atom stereocenters. The minimum absolute atomic E-state index is 0.110. The highest BCUT2D eigenvalue weighted by atomic mass is 19.1. The largest absolute Gasteiger partial charge is 0.461 e. The van der Waals surface area contributed by atoms with Crippen molar-refractivity contribution in [3.05, 3.63) is 64.6 Å². The highest BCUT2D eigenvalue weighted by molar-refractivity contribution is 6.05. The van der Waals surface area contributed by atoms with Gasteiger partial charge in [0.2, 0.25) is 0 Å². The van der Waals surface area contributed by atoms with Crippen molar-refractivity contribution in [3.8, 4) is 0 Å². The van der Waals surface area contributed by atoms with Crippen LogP contribution in [0.5, 0.6) is 0 Å². The van der Waals surface area contributed by atoms with Gasteiger partial charge in [-0.25, -0.2) is 14.4 Å². The summed E-state index contributed by atoms with van der Waals surface area (Å²) in [4.78, 5) is 22.8. The van der Waals surface area contributed by atoms with Crippen LogP contribution in [-0.2, 0) is 22.4 Å². The molecular weight excluding hydrogens is 405 g/mol. The second kappa shape index (κ2) is 8.15. The van der Waals surface area contributed by atoms with Crippen LogP contribution in [0.1, 0.15) is 62.4 Å². The fourth-order valence-corrected chi connectivity index (χ4v) is 4.81. The van der Waals surface area contributed by atoms with E-state index in [9.17, 15) is 9.18 Å². The third-order valence-electron chi connectivity index (χ3n) is 6.44. The summed E-state index contributed by atoms with van der Waals surface area (Å²) < 4.78 is 19.8. The molecule has 0 amide bonds. The number of anilines is 1. The number of esters is 1. The van der Waals surface area contributed by atoms with Gasteiger partial charge in [-0.3, -0.25) is 4.79 Å². The Balaban J connectivity index is 1.91. The average molecular weight is 436 g/mol. The van der Waals surface area contributed by atoms with Crippen LogP contribution in [0.2, 0.25) is 0 Å². The lowest BCUT2D eigenvalue weighted by atomic mass is 9.72. The van der Waals surface area contributed by atoms with Crippen LogP contribution in [0.4, 0.5) is 15.9 Å². The van der Waals surface area contributed by atoms with Gasteiger partial charge >= 0.3 is 5.97 Å². The van der Waals surface area contributed by atoms with Gasteiger partial charge < -0.3 is 10.5 Å². The Morgan fingerprint density at radius 1 is 1.38 bits per heavy atom. The second-order valence-electron chi connectivity index (χ2n) is 9.86. The molecule has 5 nitrogen and oxygen atoms in total. The molecule has 1 aromatic carbocycles. The van der Waals surface area contributed by atoms with Gasteiger partial charge in [0, 0.05) is 28.6 Å². The number of nitrogens with zero attached hydrogens (tertiary/aromatic N) is 2. The summed E-state index contributed by atoms with van der Waals surface area (Å²) in [7, 11) is 0. The van der Waals surface area contributed by atoms with E-state index in [0.29, 0.717) is 28.3 Å². The van der Waals surface area contributed by atoms with Gasteiger partial charge in [0.1, 0.15) is 18.3 Å².